The van der Waals surface area contributed by atoms with Crippen molar-refractivity contribution in [1.82, 2.24) is 4.57 Å². The number of nitrogens with zero attached hydrogens (tertiary/aromatic N) is 1. The second kappa shape index (κ2) is 8.12. The maximum Gasteiger partial charge on any atom is 0.310 e. The first-order valence-electron chi connectivity index (χ1n) is 10.4. The van der Waals surface area contributed by atoms with E-state index >= 15 is 0 Å². The summed E-state index contributed by atoms with van der Waals surface area (Å²) in [6.07, 6.45) is 7.99. The Labute approximate surface area is 168 Å². The summed E-state index contributed by atoms with van der Waals surface area (Å²) in [5, 5.41) is 9.99. The lowest BCUT2D eigenvalue weighted by Crippen LogP contribution is -2.36. The van der Waals surface area contributed by atoms with Crippen LogP contribution >= 0.6 is 0 Å². The molecule has 1 aromatic carbocycles. The van der Waals surface area contributed by atoms with Crippen LogP contribution in [0.2, 0.25) is 0 Å². The summed E-state index contributed by atoms with van der Waals surface area (Å²) in [5.41, 5.74) is 1.29. The molecular weight excluding hydrogens is 350 g/mol. The monoisotopic (exact) mass is 383 g/mol. The Kier molecular flexibility index (Phi) is 5.99. The Hall–Kier alpha value is -2.07. The van der Waals surface area contributed by atoms with Crippen LogP contribution in [0.25, 0.3) is 0 Å². The quantitative estimate of drug-likeness (QED) is 0.569. The molecule has 1 aliphatic carbocycles. The molecule has 4 nitrogen and oxygen atoms in total. The molecule has 0 spiro atoms. The first-order chi connectivity index (χ1) is 13.3. The average Bonchev–Trinajstić information content (AvgIpc) is 2.98. The summed E-state index contributed by atoms with van der Waals surface area (Å²) in [6.45, 7) is 8.92. The van der Waals surface area contributed by atoms with Crippen molar-refractivity contribution in [2.45, 2.75) is 65.0 Å². The number of aliphatic carboxylic acids is 1. The fourth-order valence-electron chi connectivity index (χ4n) is 4.81. The first kappa shape index (κ1) is 20.7. The molecule has 1 fully saturated rings. The van der Waals surface area contributed by atoms with Crippen LogP contribution in [0, 0.1) is 18.3 Å². The number of carboxylic acid groups (broad SMARTS) is 1. The minimum Gasteiger partial charge on any atom is -0.481 e. The molecule has 1 aromatic heterocycles. The second-order valence-corrected chi connectivity index (χ2v) is 8.68. The predicted octanol–water partition coefficient (Wildman–Crippen LogP) is 5.27. The highest BCUT2D eigenvalue weighted by atomic mass is 16.5. The highest BCUT2D eigenvalue weighted by molar-refractivity contribution is 5.78. The standard InChI is InChI=1S/C24H33NO3/c1-5-6-9-16-28-24(21(22(26)27)23(24,3)4)20(25-14-7-8-15-25)17-19-12-10-18(2)11-13-19/h7-8,10-15,20-21H,5-6,9,16-17H2,1-4H3,(H,26,27). The third-order valence-electron chi connectivity index (χ3n) is 6.44. The number of hydrogen-bond donors (Lipinski definition) is 1. The summed E-state index contributed by atoms with van der Waals surface area (Å²) >= 11 is 0. The zero-order valence-corrected chi connectivity index (χ0v) is 17.5. The van der Waals surface area contributed by atoms with Gasteiger partial charge in [0.1, 0.15) is 5.60 Å². The largest absolute Gasteiger partial charge is 0.481 e. The van der Waals surface area contributed by atoms with Gasteiger partial charge in [-0.2, -0.15) is 0 Å². The lowest BCUT2D eigenvalue weighted by Gasteiger charge is -2.32. The van der Waals surface area contributed by atoms with E-state index in [4.69, 9.17) is 4.74 Å². The van der Waals surface area contributed by atoms with Crippen LogP contribution in [0.3, 0.4) is 0 Å². The summed E-state index contributed by atoms with van der Waals surface area (Å²) < 4.78 is 8.66. The van der Waals surface area contributed by atoms with E-state index in [0.29, 0.717) is 6.61 Å². The highest BCUT2D eigenvalue weighted by Gasteiger charge is 2.79. The Balaban J connectivity index is 1.97. The summed E-state index contributed by atoms with van der Waals surface area (Å²) in [6, 6.07) is 12.4. The number of ether oxygens (including phenoxy) is 1. The molecular formula is C24H33NO3. The van der Waals surface area contributed by atoms with E-state index in [1.165, 1.54) is 11.1 Å². The number of carbonyl (C=O) groups is 1. The van der Waals surface area contributed by atoms with Crippen LogP contribution in [0.15, 0.2) is 48.8 Å². The first-order valence-corrected chi connectivity index (χ1v) is 10.4. The number of benzene rings is 1. The summed E-state index contributed by atoms with van der Waals surface area (Å²) in [5.74, 6) is -1.28. The third-order valence-corrected chi connectivity index (χ3v) is 6.44. The van der Waals surface area contributed by atoms with Crippen molar-refractivity contribution in [3.8, 4) is 0 Å². The number of carboxylic acids is 1. The summed E-state index contributed by atoms with van der Waals surface area (Å²) in [7, 11) is 0. The number of unbranched alkanes of at least 4 members (excludes halogenated alkanes) is 2. The van der Waals surface area contributed by atoms with E-state index in [9.17, 15) is 9.90 Å². The zero-order valence-electron chi connectivity index (χ0n) is 17.5. The van der Waals surface area contributed by atoms with Crippen molar-refractivity contribution in [3.05, 3.63) is 59.9 Å². The molecule has 3 atom stereocenters. The van der Waals surface area contributed by atoms with E-state index in [1.807, 2.05) is 38.4 Å². The minimum absolute atomic E-state index is 0.0667. The predicted molar refractivity (Wildman–Crippen MR) is 111 cm³/mol. The molecule has 0 radical (unpaired) electrons. The van der Waals surface area contributed by atoms with Gasteiger partial charge in [-0.25, -0.2) is 0 Å². The van der Waals surface area contributed by atoms with Gasteiger partial charge in [0.25, 0.3) is 0 Å². The molecule has 1 N–H and O–H groups in total. The van der Waals surface area contributed by atoms with Crippen molar-refractivity contribution in [2.75, 3.05) is 6.61 Å². The van der Waals surface area contributed by atoms with Gasteiger partial charge in [-0.3, -0.25) is 4.79 Å². The van der Waals surface area contributed by atoms with E-state index in [-0.39, 0.29) is 6.04 Å². The molecule has 3 unspecified atom stereocenters. The smallest absolute Gasteiger partial charge is 0.310 e. The normalized spacial score (nSPS) is 24.1. The molecule has 1 saturated carbocycles. The molecule has 4 heteroatoms. The average molecular weight is 384 g/mol. The maximum absolute atomic E-state index is 12.2. The van der Waals surface area contributed by atoms with Crippen LogP contribution in [0.1, 0.15) is 57.2 Å². The number of hydrogen-bond acceptors (Lipinski definition) is 2. The Morgan fingerprint density at radius 1 is 1.18 bits per heavy atom. The van der Waals surface area contributed by atoms with Gasteiger partial charge in [-0.15, -0.1) is 0 Å². The highest BCUT2D eigenvalue weighted by Crippen LogP contribution is 2.69. The van der Waals surface area contributed by atoms with Gasteiger partial charge >= 0.3 is 5.97 Å². The SMILES string of the molecule is CCCCCOC1(C(Cc2ccc(C)cc2)n2cccc2)C(C(=O)O)C1(C)C. The van der Waals surface area contributed by atoms with Gasteiger partial charge in [-0.05, 0) is 37.5 Å². The van der Waals surface area contributed by atoms with Crippen LogP contribution in [-0.2, 0) is 16.0 Å². The Morgan fingerprint density at radius 2 is 1.82 bits per heavy atom. The van der Waals surface area contributed by atoms with Crippen molar-refractivity contribution in [2.24, 2.45) is 11.3 Å². The van der Waals surface area contributed by atoms with Gasteiger partial charge in [0.2, 0.25) is 0 Å². The van der Waals surface area contributed by atoms with Gasteiger partial charge in [0.15, 0.2) is 0 Å². The minimum atomic E-state index is -0.762. The molecule has 0 saturated heterocycles. The van der Waals surface area contributed by atoms with Crippen molar-refractivity contribution < 1.29 is 14.6 Å². The number of rotatable bonds is 10. The van der Waals surface area contributed by atoms with Crippen LogP contribution in [0.4, 0.5) is 0 Å². The molecule has 0 amide bonds. The summed E-state index contributed by atoms with van der Waals surface area (Å²) in [4.78, 5) is 12.2. The third kappa shape index (κ3) is 3.62. The van der Waals surface area contributed by atoms with E-state index in [0.717, 1.165) is 25.7 Å². The maximum atomic E-state index is 12.2. The van der Waals surface area contributed by atoms with Gasteiger partial charge in [0.05, 0.1) is 12.0 Å². The van der Waals surface area contributed by atoms with Crippen molar-refractivity contribution in [3.63, 3.8) is 0 Å². The fraction of sp³-hybridized carbons (Fsp3) is 0.542. The Morgan fingerprint density at radius 3 is 2.36 bits per heavy atom. The fourth-order valence-corrected chi connectivity index (χ4v) is 4.81. The molecule has 1 heterocycles. The van der Waals surface area contributed by atoms with Gasteiger partial charge in [-0.1, -0.05) is 63.4 Å². The second-order valence-electron chi connectivity index (χ2n) is 8.68. The van der Waals surface area contributed by atoms with Crippen molar-refractivity contribution in [1.29, 1.82) is 0 Å². The van der Waals surface area contributed by atoms with Crippen LogP contribution in [-0.4, -0.2) is 27.9 Å². The van der Waals surface area contributed by atoms with Gasteiger partial charge < -0.3 is 14.4 Å². The molecule has 0 bridgehead atoms. The lowest BCUT2D eigenvalue weighted by molar-refractivity contribution is -0.142. The molecule has 152 valence electrons. The molecule has 28 heavy (non-hydrogen) atoms. The Bertz CT molecular complexity index is 779. The van der Waals surface area contributed by atoms with Crippen molar-refractivity contribution >= 4 is 5.97 Å². The van der Waals surface area contributed by atoms with Gasteiger partial charge in [0, 0.05) is 24.4 Å². The van der Waals surface area contributed by atoms with E-state index < -0.39 is 22.9 Å². The molecule has 3 rings (SSSR count). The topological polar surface area (TPSA) is 51.5 Å². The zero-order chi connectivity index (χ0) is 20.4. The molecule has 0 aliphatic heterocycles. The number of aryl methyl sites for hydroxylation is 1. The van der Waals surface area contributed by atoms with E-state index in [1.54, 1.807) is 0 Å². The van der Waals surface area contributed by atoms with Crippen LogP contribution < -0.4 is 0 Å². The number of aromatic nitrogens is 1. The molecule has 1 aliphatic rings. The molecule has 2 aromatic rings. The lowest BCUT2D eigenvalue weighted by atomic mass is 9.93. The van der Waals surface area contributed by atoms with Crippen LogP contribution in [0.5, 0.6) is 0 Å². The van der Waals surface area contributed by atoms with E-state index in [2.05, 4.69) is 42.7 Å².